The summed E-state index contributed by atoms with van der Waals surface area (Å²) < 4.78 is 2.32. The fraction of sp³-hybridized carbons (Fsp3) is 0.0556. The highest BCUT2D eigenvalue weighted by atomic mass is 32.2. The average Bonchev–Trinajstić information content (AvgIpc) is 3.01. The maximum atomic E-state index is 5.18. The van der Waals surface area contributed by atoms with Gasteiger partial charge in [0.2, 0.25) is 11.9 Å². The largest absolute Gasteiger partial charge is 0.324 e. The average molecular weight is 394 g/mol. The minimum Gasteiger partial charge on any atom is -0.324 e. The van der Waals surface area contributed by atoms with E-state index >= 15 is 0 Å². The zero-order chi connectivity index (χ0) is 18.6. The number of anilines is 4. The molecule has 4 rings (SSSR count). The molecule has 0 fully saturated rings. The van der Waals surface area contributed by atoms with Gasteiger partial charge in [0, 0.05) is 11.4 Å². The van der Waals surface area contributed by atoms with E-state index in [1.54, 1.807) is 3.96 Å². The molecule has 0 radical (unpaired) electrons. The Bertz CT molecular complexity index is 1050. The van der Waals surface area contributed by atoms with Crippen molar-refractivity contribution in [3.8, 4) is 5.95 Å². The Kier molecular flexibility index (Phi) is 4.86. The highest BCUT2D eigenvalue weighted by Crippen LogP contribution is 2.20. The molecule has 0 aliphatic rings. The van der Waals surface area contributed by atoms with E-state index in [-0.39, 0.29) is 0 Å². The molecule has 4 aromatic rings. The van der Waals surface area contributed by atoms with Gasteiger partial charge in [0.15, 0.2) is 3.95 Å². The minimum absolute atomic E-state index is 0.427. The van der Waals surface area contributed by atoms with E-state index in [0.717, 1.165) is 17.2 Å². The normalized spacial score (nSPS) is 10.6. The summed E-state index contributed by atoms with van der Waals surface area (Å²) in [4.78, 5) is 17.8. The van der Waals surface area contributed by atoms with E-state index < -0.39 is 0 Å². The second kappa shape index (κ2) is 7.60. The number of nitrogens with one attached hydrogen (secondary N) is 2. The monoisotopic (exact) mass is 393 g/mol. The Morgan fingerprint density at radius 1 is 0.778 bits per heavy atom. The van der Waals surface area contributed by atoms with Crippen LogP contribution in [0.5, 0.6) is 0 Å². The molecule has 7 nitrogen and oxygen atoms in total. The highest BCUT2D eigenvalue weighted by Gasteiger charge is 2.12. The van der Waals surface area contributed by atoms with Crippen LogP contribution in [0.15, 0.2) is 60.7 Å². The summed E-state index contributed by atoms with van der Waals surface area (Å²) in [6.45, 7) is 1.87. The Balaban J connectivity index is 1.76. The topological polar surface area (TPSA) is 80.5 Å². The van der Waals surface area contributed by atoms with Gasteiger partial charge in [0.05, 0.1) is 0 Å². The molecule has 2 aromatic carbocycles. The van der Waals surface area contributed by atoms with Crippen molar-refractivity contribution in [3.63, 3.8) is 0 Å². The first-order valence-corrected chi connectivity index (χ1v) is 9.33. The first-order chi connectivity index (χ1) is 13.2. The number of aromatic nitrogens is 5. The Morgan fingerprint density at radius 3 is 1.74 bits per heavy atom. The Hall–Kier alpha value is -3.17. The maximum absolute atomic E-state index is 5.18. The van der Waals surface area contributed by atoms with Gasteiger partial charge in [0.1, 0.15) is 5.82 Å². The molecule has 0 saturated carbocycles. The summed E-state index contributed by atoms with van der Waals surface area (Å²) in [6.07, 6.45) is 0. The smallest absolute Gasteiger partial charge is 0.251 e. The molecule has 0 aliphatic heterocycles. The summed E-state index contributed by atoms with van der Waals surface area (Å²) >= 11 is 6.49. The van der Waals surface area contributed by atoms with Crippen LogP contribution in [-0.2, 0) is 0 Å². The van der Waals surface area contributed by atoms with Gasteiger partial charge in [-0.3, -0.25) is 0 Å². The van der Waals surface area contributed by atoms with Crippen molar-refractivity contribution in [2.45, 2.75) is 6.92 Å². The molecule has 2 aromatic heterocycles. The number of hydrogen-bond donors (Lipinski definition) is 2. The van der Waals surface area contributed by atoms with Gasteiger partial charge in [-0.1, -0.05) is 36.4 Å². The van der Waals surface area contributed by atoms with Crippen LogP contribution in [-0.4, -0.2) is 23.9 Å². The standard InChI is InChI=1S/C18H15N7S2/c1-12-19-18(26)27-25(12)17-23-15(20-13-8-4-2-5-9-13)22-16(24-17)21-14-10-6-3-7-11-14/h2-11H,1H3,(H2,20,21,22,23,24). The van der Waals surface area contributed by atoms with E-state index in [1.165, 1.54) is 11.5 Å². The van der Waals surface area contributed by atoms with Crippen LogP contribution >= 0.6 is 23.8 Å². The van der Waals surface area contributed by atoms with Crippen molar-refractivity contribution in [2.75, 3.05) is 10.6 Å². The lowest BCUT2D eigenvalue weighted by Crippen LogP contribution is -2.09. The summed E-state index contributed by atoms with van der Waals surface area (Å²) in [5, 5.41) is 6.42. The van der Waals surface area contributed by atoms with Crippen molar-refractivity contribution < 1.29 is 0 Å². The second-order valence-electron chi connectivity index (χ2n) is 5.58. The molecule has 9 heteroatoms. The third kappa shape index (κ3) is 4.15. The molecule has 0 aliphatic carbocycles. The molecule has 0 amide bonds. The zero-order valence-corrected chi connectivity index (χ0v) is 16.0. The van der Waals surface area contributed by atoms with Crippen molar-refractivity contribution in [3.05, 3.63) is 70.4 Å². The lowest BCUT2D eigenvalue weighted by Gasteiger charge is -2.10. The minimum atomic E-state index is 0.427. The van der Waals surface area contributed by atoms with Crippen LogP contribution in [0.1, 0.15) is 5.82 Å². The third-order valence-electron chi connectivity index (χ3n) is 3.58. The lowest BCUT2D eigenvalue weighted by molar-refractivity contribution is 0.911. The number of hydrogen-bond acceptors (Lipinski definition) is 8. The molecule has 0 saturated heterocycles. The summed E-state index contributed by atoms with van der Waals surface area (Å²) in [5.41, 5.74) is 1.77. The predicted octanol–water partition coefficient (Wildman–Crippen LogP) is 4.64. The van der Waals surface area contributed by atoms with Crippen LogP contribution in [0.25, 0.3) is 5.95 Å². The van der Waals surface area contributed by atoms with Crippen molar-refractivity contribution in [1.82, 2.24) is 23.9 Å². The molecular weight excluding hydrogens is 378 g/mol. The van der Waals surface area contributed by atoms with E-state index in [0.29, 0.717) is 21.8 Å². The fourth-order valence-electron chi connectivity index (χ4n) is 2.40. The number of aryl methyl sites for hydroxylation is 1. The summed E-state index contributed by atoms with van der Waals surface area (Å²) in [7, 11) is 0. The number of nitrogens with zero attached hydrogens (tertiary/aromatic N) is 5. The van der Waals surface area contributed by atoms with Crippen LogP contribution in [0.4, 0.5) is 23.3 Å². The maximum Gasteiger partial charge on any atom is 0.251 e. The molecule has 0 unspecified atom stereocenters. The van der Waals surface area contributed by atoms with Crippen LogP contribution in [0, 0.1) is 10.9 Å². The van der Waals surface area contributed by atoms with Crippen molar-refractivity contribution in [1.29, 1.82) is 0 Å². The molecule has 0 atom stereocenters. The van der Waals surface area contributed by atoms with Crippen molar-refractivity contribution >= 4 is 47.0 Å². The number of benzene rings is 2. The van der Waals surface area contributed by atoms with Crippen LogP contribution in [0.2, 0.25) is 0 Å². The Morgan fingerprint density at radius 2 is 1.30 bits per heavy atom. The summed E-state index contributed by atoms with van der Waals surface area (Å²) in [6, 6.07) is 19.5. The summed E-state index contributed by atoms with van der Waals surface area (Å²) in [5.74, 6) is 2.03. The molecule has 0 bridgehead atoms. The molecule has 0 spiro atoms. The zero-order valence-electron chi connectivity index (χ0n) is 14.3. The van der Waals surface area contributed by atoms with Gasteiger partial charge >= 0.3 is 0 Å². The van der Waals surface area contributed by atoms with Gasteiger partial charge in [-0.15, -0.1) is 0 Å². The van der Waals surface area contributed by atoms with E-state index in [4.69, 9.17) is 12.2 Å². The lowest BCUT2D eigenvalue weighted by atomic mass is 10.3. The number of rotatable bonds is 5. The molecule has 2 heterocycles. The third-order valence-corrected chi connectivity index (χ3v) is 4.75. The molecular formula is C18H15N7S2. The predicted molar refractivity (Wildman–Crippen MR) is 110 cm³/mol. The van der Waals surface area contributed by atoms with Crippen LogP contribution in [0.3, 0.4) is 0 Å². The van der Waals surface area contributed by atoms with Gasteiger partial charge in [0.25, 0.3) is 5.95 Å². The van der Waals surface area contributed by atoms with Gasteiger partial charge in [-0.25, -0.2) is 8.94 Å². The SMILES string of the molecule is Cc1nc(=S)sn1-c1nc(Nc2ccccc2)nc(Nc2ccccc2)n1. The first-order valence-electron chi connectivity index (χ1n) is 8.15. The van der Waals surface area contributed by atoms with E-state index in [2.05, 4.69) is 30.6 Å². The highest BCUT2D eigenvalue weighted by molar-refractivity contribution is 7.73. The molecule has 27 heavy (non-hydrogen) atoms. The van der Waals surface area contributed by atoms with Crippen LogP contribution < -0.4 is 10.6 Å². The molecule has 134 valence electrons. The Labute approximate surface area is 165 Å². The first kappa shape index (κ1) is 17.3. The van der Waals surface area contributed by atoms with Gasteiger partial charge in [-0.2, -0.15) is 15.0 Å². The number of para-hydroxylation sites is 2. The van der Waals surface area contributed by atoms with E-state index in [1.807, 2.05) is 67.6 Å². The molecule has 2 N–H and O–H groups in total. The van der Waals surface area contributed by atoms with Gasteiger partial charge in [-0.05, 0) is 54.9 Å². The quantitative estimate of drug-likeness (QED) is 0.478. The van der Waals surface area contributed by atoms with Crippen molar-refractivity contribution in [2.24, 2.45) is 0 Å². The van der Waals surface area contributed by atoms with E-state index in [9.17, 15) is 0 Å². The fourth-order valence-corrected chi connectivity index (χ4v) is 3.42. The second-order valence-corrected chi connectivity index (χ2v) is 7.15. The van der Waals surface area contributed by atoms with Gasteiger partial charge < -0.3 is 10.6 Å².